The average molecular weight is 459 g/mol. The van der Waals surface area contributed by atoms with Gasteiger partial charge >= 0.3 is 0 Å². The van der Waals surface area contributed by atoms with E-state index in [0.717, 1.165) is 58.6 Å². The lowest BCUT2D eigenvalue weighted by Gasteiger charge is -2.20. The molecule has 0 radical (unpaired) electrons. The molecule has 0 bridgehead atoms. The van der Waals surface area contributed by atoms with Crippen molar-refractivity contribution in [3.8, 4) is 22.7 Å². The van der Waals surface area contributed by atoms with Crippen molar-refractivity contribution >= 4 is 17.2 Å². The third-order valence-corrected chi connectivity index (χ3v) is 7.05. The van der Waals surface area contributed by atoms with Gasteiger partial charge in [-0.2, -0.15) is 0 Å². The number of ether oxygens (including phenoxy) is 1. The molecule has 0 fully saturated rings. The highest BCUT2D eigenvalue weighted by Crippen LogP contribution is 2.26. The summed E-state index contributed by atoms with van der Waals surface area (Å²) in [5, 5.41) is 1.11. The third kappa shape index (κ3) is 4.54. The molecule has 2 aromatic heterocycles. The molecule has 1 aliphatic heterocycles. The van der Waals surface area contributed by atoms with Crippen LogP contribution in [0.4, 0.5) is 0 Å². The zero-order valence-corrected chi connectivity index (χ0v) is 19.6. The summed E-state index contributed by atoms with van der Waals surface area (Å²) in [6, 6.07) is 17.9. The highest BCUT2D eigenvalue weighted by molar-refractivity contribution is 7.11. The summed E-state index contributed by atoms with van der Waals surface area (Å²) in [7, 11) is 1.65. The van der Waals surface area contributed by atoms with Crippen LogP contribution < -0.4 is 4.74 Å². The number of nitrogens with zero attached hydrogens (tertiary/aromatic N) is 4. The molecule has 0 unspecified atom stereocenters. The van der Waals surface area contributed by atoms with E-state index < -0.39 is 0 Å². The largest absolute Gasteiger partial charge is 0.497 e. The van der Waals surface area contributed by atoms with Gasteiger partial charge in [0, 0.05) is 48.3 Å². The maximum atomic E-state index is 13.3. The minimum absolute atomic E-state index is 0.103. The number of rotatable bonds is 5. The Morgan fingerprint density at radius 3 is 2.55 bits per heavy atom. The van der Waals surface area contributed by atoms with Gasteiger partial charge in [-0.25, -0.2) is 9.97 Å². The van der Waals surface area contributed by atoms with E-state index in [0.29, 0.717) is 6.54 Å². The second-order valence-corrected chi connectivity index (χ2v) is 9.42. The van der Waals surface area contributed by atoms with Gasteiger partial charge in [0.25, 0.3) is 0 Å². The molecule has 7 heteroatoms. The second-order valence-electron chi connectivity index (χ2n) is 8.14. The van der Waals surface area contributed by atoms with E-state index in [9.17, 15) is 4.79 Å². The van der Waals surface area contributed by atoms with Gasteiger partial charge in [-0.05, 0) is 43.3 Å². The molecule has 3 heterocycles. The Balaban J connectivity index is 1.40. The first-order valence-corrected chi connectivity index (χ1v) is 11.9. The van der Waals surface area contributed by atoms with Gasteiger partial charge in [-0.3, -0.25) is 4.79 Å². The van der Waals surface area contributed by atoms with Crippen molar-refractivity contribution in [2.75, 3.05) is 20.2 Å². The summed E-state index contributed by atoms with van der Waals surface area (Å²) in [4.78, 5) is 26.1. The summed E-state index contributed by atoms with van der Waals surface area (Å²) in [6.07, 6.45) is 3.95. The van der Waals surface area contributed by atoms with E-state index >= 15 is 0 Å². The molecule has 33 heavy (non-hydrogen) atoms. The fourth-order valence-electron chi connectivity index (χ4n) is 4.24. The van der Waals surface area contributed by atoms with Crippen LogP contribution in [0.5, 0.6) is 5.75 Å². The van der Waals surface area contributed by atoms with Crippen LogP contribution in [0.15, 0.2) is 60.8 Å². The Hall–Kier alpha value is -3.45. The number of aromatic nitrogens is 3. The number of amides is 1. The van der Waals surface area contributed by atoms with Crippen LogP contribution in [-0.2, 0) is 24.1 Å². The average Bonchev–Trinajstić information content (AvgIpc) is 3.36. The summed E-state index contributed by atoms with van der Waals surface area (Å²) in [6.45, 7) is 3.48. The topological polar surface area (TPSA) is 60.2 Å². The van der Waals surface area contributed by atoms with Crippen LogP contribution in [0.25, 0.3) is 16.9 Å². The molecule has 0 saturated carbocycles. The molecule has 0 N–H and O–H groups in total. The molecular formula is C26H26N4O2S. The smallest absolute Gasteiger partial charge is 0.230 e. The second kappa shape index (κ2) is 9.19. The van der Waals surface area contributed by atoms with Crippen LogP contribution in [0, 0.1) is 6.92 Å². The lowest BCUT2D eigenvalue weighted by Crippen LogP contribution is -2.35. The molecule has 168 valence electrons. The number of methoxy groups -OCH3 is 1. The van der Waals surface area contributed by atoms with Gasteiger partial charge < -0.3 is 14.2 Å². The summed E-state index contributed by atoms with van der Waals surface area (Å²) >= 11 is 1.75. The number of hydrogen-bond acceptors (Lipinski definition) is 5. The van der Waals surface area contributed by atoms with Crippen LogP contribution in [0.3, 0.4) is 0 Å². The van der Waals surface area contributed by atoms with E-state index in [4.69, 9.17) is 9.72 Å². The number of benzene rings is 2. The highest BCUT2D eigenvalue weighted by Gasteiger charge is 2.23. The van der Waals surface area contributed by atoms with Crippen molar-refractivity contribution in [2.45, 2.75) is 26.2 Å². The quantitative estimate of drug-likeness (QED) is 0.442. The Bertz CT molecular complexity index is 1240. The number of imidazole rings is 1. The number of carbonyl (C=O) groups excluding carboxylic acids is 1. The van der Waals surface area contributed by atoms with E-state index in [-0.39, 0.29) is 12.3 Å². The highest BCUT2D eigenvalue weighted by atomic mass is 32.1. The number of thiazole rings is 1. The SMILES string of the molecule is COc1ccc(-c2cn(-c3ccccc3)c(CC(=O)N3CCc4nc(C)sc4CC3)n2)cc1. The number of para-hydroxylation sites is 1. The predicted molar refractivity (Wildman–Crippen MR) is 130 cm³/mol. The standard InChI is InChI=1S/C26H26N4O2S/c1-18-27-22-12-14-29(15-13-24(22)33-18)26(31)16-25-28-23(19-8-10-21(32-2)11-9-19)17-30(25)20-6-4-3-5-7-20/h3-11,17H,12-16H2,1-2H3. The minimum atomic E-state index is 0.103. The molecule has 1 aliphatic rings. The Labute approximate surface area is 197 Å². The molecule has 6 nitrogen and oxygen atoms in total. The van der Waals surface area contributed by atoms with Crippen molar-refractivity contribution in [1.29, 1.82) is 0 Å². The van der Waals surface area contributed by atoms with Crippen molar-refractivity contribution in [3.63, 3.8) is 0 Å². The first kappa shape index (κ1) is 21.4. The summed E-state index contributed by atoms with van der Waals surface area (Å²) in [5.41, 5.74) is 3.97. The fraction of sp³-hybridized carbons (Fsp3) is 0.269. The van der Waals surface area contributed by atoms with E-state index in [1.165, 1.54) is 4.88 Å². The molecular weight excluding hydrogens is 432 g/mol. The van der Waals surface area contributed by atoms with Crippen LogP contribution >= 0.6 is 11.3 Å². The van der Waals surface area contributed by atoms with E-state index in [1.807, 2.05) is 77.2 Å². The fourth-order valence-corrected chi connectivity index (χ4v) is 5.22. The van der Waals surface area contributed by atoms with Crippen LogP contribution in [0.2, 0.25) is 0 Å². The zero-order valence-electron chi connectivity index (χ0n) is 18.8. The molecule has 0 atom stereocenters. The van der Waals surface area contributed by atoms with Gasteiger partial charge in [0.15, 0.2) is 0 Å². The number of hydrogen-bond donors (Lipinski definition) is 0. The first-order chi connectivity index (χ1) is 16.1. The molecule has 5 rings (SSSR count). The maximum Gasteiger partial charge on any atom is 0.230 e. The molecule has 0 aliphatic carbocycles. The van der Waals surface area contributed by atoms with Crippen LogP contribution in [0.1, 0.15) is 21.4 Å². The molecule has 0 spiro atoms. The molecule has 2 aromatic carbocycles. The number of aryl methyl sites for hydroxylation is 1. The maximum absolute atomic E-state index is 13.3. The Morgan fingerprint density at radius 2 is 1.79 bits per heavy atom. The van der Waals surface area contributed by atoms with Gasteiger partial charge in [0.2, 0.25) is 5.91 Å². The van der Waals surface area contributed by atoms with Gasteiger partial charge in [-0.15, -0.1) is 11.3 Å². The van der Waals surface area contributed by atoms with Gasteiger partial charge in [0.1, 0.15) is 11.6 Å². The Kier molecular flexibility index (Phi) is 5.96. The lowest BCUT2D eigenvalue weighted by molar-refractivity contribution is -0.130. The molecule has 4 aromatic rings. The van der Waals surface area contributed by atoms with Crippen molar-refractivity contribution in [2.24, 2.45) is 0 Å². The van der Waals surface area contributed by atoms with E-state index in [1.54, 1.807) is 18.4 Å². The summed E-state index contributed by atoms with van der Waals surface area (Å²) in [5.74, 6) is 1.65. The minimum Gasteiger partial charge on any atom is -0.497 e. The lowest BCUT2D eigenvalue weighted by atomic mass is 10.1. The third-order valence-electron chi connectivity index (χ3n) is 5.97. The van der Waals surface area contributed by atoms with Crippen molar-refractivity contribution in [1.82, 2.24) is 19.4 Å². The van der Waals surface area contributed by atoms with Gasteiger partial charge in [0.05, 0.1) is 29.9 Å². The number of carbonyl (C=O) groups is 1. The van der Waals surface area contributed by atoms with Gasteiger partial charge in [-0.1, -0.05) is 18.2 Å². The number of fused-ring (bicyclic) bond motifs is 1. The molecule has 1 amide bonds. The normalized spacial score (nSPS) is 13.5. The first-order valence-electron chi connectivity index (χ1n) is 11.1. The van der Waals surface area contributed by atoms with Crippen molar-refractivity contribution in [3.05, 3.63) is 82.2 Å². The zero-order chi connectivity index (χ0) is 22.8. The predicted octanol–water partition coefficient (Wildman–Crippen LogP) is 4.48. The van der Waals surface area contributed by atoms with E-state index in [2.05, 4.69) is 4.98 Å². The summed E-state index contributed by atoms with van der Waals surface area (Å²) < 4.78 is 7.30. The van der Waals surface area contributed by atoms with Crippen molar-refractivity contribution < 1.29 is 9.53 Å². The monoisotopic (exact) mass is 458 g/mol. The molecule has 0 saturated heterocycles. The van der Waals surface area contributed by atoms with Crippen LogP contribution in [-0.4, -0.2) is 45.5 Å². The Morgan fingerprint density at radius 1 is 1.03 bits per heavy atom.